The molecule has 6 aromatic rings. The minimum Gasteiger partial charge on any atom is -0.492 e. The molecule has 4 aromatic heterocycles. The van der Waals surface area contributed by atoms with Gasteiger partial charge in [-0.05, 0) is 104 Å². The van der Waals surface area contributed by atoms with Gasteiger partial charge in [-0.15, -0.1) is 0 Å². The average molecular weight is 833 g/mol. The fourth-order valence-corrected chi connectivity index (χ4v) is 7.62. The summed E-state index contributed by atoms with van der Waals surface area (Å²) in [6, 6.07) is 11.5. The Morgan fingerprint density at radius 1 is 0.754 bits per heavy atom. The van der Waals surface area contributed by atoms with Crippen LogP contribution in [0.5, 0.6) is 11.5 Å². The number of alkyl carbamates (subject to hydrolysis) is 1. The van der Waals surface area contributed by atoms with Crippen LogP contribution in [0.3, 0.4) is 0 Å². The van der Waals surface area contributed by atoms with Crippen molar-refractivity contribution in [1.82, 2.24) is 24.4 Å². The molecule has 2 atom stereocenters. The molecular formula is C49H64N6O6. The van der Waals surface area contributed by atoms with E-state index in [-0.39, 0.29) is 29.8 Å². The summed E-state index contributed by atoms with van der Waals surface area (Å²) in [5.74, 6) is 2.59. The van der Waals surface area contributed by atoms with E-state index < -0.39 is 11.7 Å². The van der Waals surface area contributed by atoms with Crippen molar-refractivity contribution in [1.29, 1.82) is 0 Å². The highest BCUT2D eigenvalue weighted by atomic mass is 16.6. The van der Waals surface area contributed by atoms with Crippen molar-refractivity contribution in [3.8, 4) is 11.5 Å². The lowest BCUT2D eigenvalue weighted by Crippen LogP contribution is -2.42. The maximum Gasteiger partial charge on any atom is 0.407 e. The predicted molar refractivity (Wildman–Crippen MR) is 249 cm³/mol. The Hall–Kier alpha value is -5.75. The molecule has 12 nitrogen and oxygen atoms in total. The van der Waals surface area contributed by atoms with Gasteiger partial charge in [-0.1, -0.05) is 48.1 Å². The number of amides is 1. The molecule has 0 aliphatic heterocycles. The fourth-order valence-electron chi connectivity index (χ4n) is 7.62. The second kappa shape index (κ2) is 19.3. The van der Waals surface area contributed by atoms with Crippen LogP contribution in [0, 0.1) is 11.8 Å². The standard InChI is InChI=1S/C27H35N3O4.C22H29N3O2/c1-16(2)11-18(29-26(32)34-27(5,6)7)15-33-24-13-23-21(12-20(24)17(3)4)19-9-10-28-14-22(19)25(31)30(23)8;1-13(2)8-15(23)12-27-21-10-20-18(9-17(21)14(3)4)16-6-7-24-11-19(16)22(26)25(20)5/h9-10,12-14,16,18H,3,11,15H2,1-2,4-8H3,(H,29,32);6-7,9-11,13-15H,8,12,23H2,1-5H3/t18-;15-/m00/s1. The van der Waals surface area contributed by atoms with Crippen LogP contribution < -0.4 is 31.6 Å². The second-order valence-electron chi connectivity index (χ2n) is 18.3. The minimum absolute atomic E-state index is 0.00722. The van der Waals surface area contributed by atoms with Crippen molar-refractivity contribution in [2.24, 2.45) is 31.7 Å². The Morgan fingerprint density at radius 2 is 1.26 bits per heavy atom. The molecule has 61 heavy (non-hydrogen) atoms. The summed E-state index contributed by atoms with van der Waals surface area (Å²) in [7, 11) is 3.54. The van der Waals surface area contributed by atoms with E-state index in [9.17, 15) is 14.4 Å². The molecule has 2 aromatic carbocycles. The van der Waals surface area contributed by atoms with Crippen LogP contribution in [-0.2, 0) is 18.8 Å². The molecule has 0 saturated carbocycles. The highest BCUT2D eigenvalue weighted by Crippen LogP contribution is 2.35. The molecule has 0 aliphatic carbocycles. The quantitative estimate of drug-likeness (QED) is 0.108. The lowest BCUT2D eigenvalue weighted by molar-refractivity contribution is 0.0480. The van der Waals surface area contributed by atoms with Crippen molar-refractivity contribution in [2.75, 3.05) is 13.2 Å². The van der Waals surface area contributed by atoms with Gasteiger partial charge in [-0.2, -0.15) is 0 Å². The summed E-state index contributed by atoms with van der Waals surface area (Å²) in [5, 5.41) is 7.86. The highest BCUT2D eigenvalue weighted by Gasteiger charge is 2.22. The number of hydrogen-bond donors (Lipinski definition) is 2. The molecule has 4 heterocycles. The van der Waals surface area contributed by atoms with Crippen LogP contribution in [0.25, 0.3) is 48.9 Å². The number of fused-ring (bicyclic) bond motifs is 6. The fraction of sp³-hybridized carbons (Fsp3) is 0.449. The highest BCUT2D eigenvalue weighted by molar-refractivity contribution is 6.07. The number of ether oxygens (including phenoxy) is 3. The smallest absolute Gasteiger partial charge is 0.407 e. The third-order valence-corrected chi connectivity index (χ3v) is 10.5. The van der Waals surface area contributed by atoms with E-state index in [4.69, 9.17) is 19.9 Å². The molecule has 12 heteroatoms. The number of nitrogens with zero attached hydrogens (tertiary/aromatic N) is 4. The topological polar surface area (TPSA) is 153 Å². The van der Waals surface area contributed by atoms with Crippen LogP contribution in [0.4, 0.5) is 4.79 Å². The maximum absolute atomic E-state index is 12.9. The zero-order valence-corrected chi connectivity index (χ0v) is 38.0. The number of carbonyl (C=O) groups is 1. The number of allylic oxidation sites excluding steroid dienone is 1. The van der Waals surface area contributed by atoms with Gasteiger partial charge in [-0.25, -0.2) is 4.79 Å². The molecule has 3 N–H and O–H groups in total. The molecule has 0 aliphatic rings. The van der Waals surface area contributed by atoms with E-state index in [1.807, 2.05) is 58.0 Å². The largest absolute Gasteiger partial charge is 0.492 e. The van der Waals surface area contributed by atoms with Crippen molar-refractivity contribution >= 4 is 55.0 Å². The molecule has 0 spiro atoms. The summed E-state index contributed by atoms with van der Waals surface area (Å²) in [5.41, 5.74) is 9.88. The SMILES string of the molecule is C=C(C)c1cc2c3ccncc3c(=O)n(C)c2cc1OC[C@H](CC(C)C)NC(=O)OC(C)(C)C.CC(C)C[C@H](N)COc1cc2c(cc1C(C)C)c1ccncc1c(=O)n2C. The van der Waals surface area contributed by atoms with Crippen molar-refractivity contribution in [3.63, 3.8) is 0 Å². The Balaban J connectivity index is 0.000000237. The minimum atomic E-state index is -0.581. The van der Waals surface area contributed by atoms with Gasteiger partial charge in [0, 0.05) is 73.4 Å². The third kappa shape index (κ3) is 11.2. The number of hydrogen-bond acceptors (Lipinski definition) is 9. The van der Waals surface area contributed by atoms with Gasteiger partial charge in [0.25, 0.3) is 11.1 Å². The second-order valence-corrected chi connectivity index (χ2v) is 18.3. The number of nitrogens with one attached hydrogen (secondary N) is 1. The van der Waals surface area contributed by atoms with E-state index in [1.54, 1.807) is 48.0 Å². The molecular weight excluding hydrogens is 769 g/mol. The van der Waals surface area contributed by atoms with Gasteiger partial charge < -0.3 is 34.4 Å². The van der Waals surface area contributed by atoms with E-state index in [0.29, 0.717) is 40.9 Å². The number of rotatable bonds is 13. The first kappa shape index (κ1) is 46.3. The van der Waals surface area contributed by atoms with Crippen LogP contribution in [0.2, 0.25) is 0 Å². The van der Waals surface area contributed by atoms with Gasteiger partial charge in [0.15, 0.2) is 0 Å². The molecule has 326 valence electrons. The number of carbonyl (C=O) groups excluding carboxylic acids is 1. The molecule has 0 radical (unpaired) electrons. The molecule has 0 unspecified atom stereocenters. The Kier molecular flexibility index (Phi) is 14.7. The number of nitrogens with two attached hydrogens (primary N) is 1. The van der Waals surface area contributed by atoms with Crippen LogP contribution in [0.15, 0.2) is 77.4 Å². The van der Waals surface area contributed by atoms with Crippen molar-refractivity contribution in [2.45, 2.75) is 106 Å². The van der Waals surface area contributed by atoms with Gasteiger partial charge in [0.2, 0.25) is 0 Å². The molecule has 0 saturated heterocycles. The zero-order valence-electron chi connectivity index (χ0n) is 38.0. The monoisotopic (exact) mass is 832 g/mol. The first-order chi connectivity index (χ1) is 28.7. The third-order valence-electron chi connectivity index (χ3n) is 10.5. The molecule has 0 bridgehead atoms. The first-order valence-corrected chi connectivity index (χ1v) is 21.1. The molecule has 1 amide bonds. The van der Waals surface area contributed by atoms with Crippen molar-refractivity contribution in [3.05, 3.63) is 99.6 Å². The predicted octanol–water partition coefficient (Wildman–Crippen LogP) is 9.40. The number of pyridine rings is 4. The normalized spacial score (nSPS) is 12.9. The summed E-state index contributed by atoms with van der Waals surface area (Å²) in [6.45, 7) is 25.1. The Bertz CT molecular complexity index is 2670. The maximum atomic E-state index is 12.9. The van der Waals surface area contributed by atoms with Crippen molar-refractivity contribution < 1.29 is 19.0 Å². The summed E-state index contributed by atoms with van der Waals surface area (Å²) >= 11 is 0. The lowest BCUT2D eigenvalue weighted by Gasteiger charge is -2.25. The van der Waals surface area contributed by atoms with E-state index in [2.05, 4.69) is 69.5 Å². The summed E-state index contributed by atoms with van der Waals surface area (Å²) < 4.78 is 21.1. The van der Waals surface area contributed by atoms with Crippen LogP contribution >= 0.6 is 0 Å². The Morgan fingerprint density at radius 3 is 1.75 bits per heavy atom. The summed E-state index contributed by atoms with van der Waals surface area (Å²) in [6.07, 6.45) is 7.83. The van der Waals surface area contributed by atoms with Gasteiger partial charge >= 0.3 is 6.09 Å². The van der Waals surface area contributed by atoms with E-state index in [0.717, 1.165) is 67.9 Å². The molecule has 6 rings (SSSR count). The summed E-state index contributed by atoms with van der Waals surface area (Å²) in [4.78, 5) is 46.2. The van der Waals surface area contributed by atoms with Crippen LogP contribution in [0.1, 0.15) is 99.1 Å². The van der Waals surface area contributed by atoms with E-state index in [1.165, 1.54) is 0 Å². The number of aromatic nitrogens is 4. The number of aryl methyl sites for hydroxylation is 2. The average Bonchev–Trinajstić information content (AvgIpc) is 3.18. The lowest BCUT2D eigenvalue weighted by atomic mass is 9.97. The number of benzene rings is 2. The Labute approximate surface area is 359 Å². The van der Waals surface area contributed by atoms with E-state index >= 15 is 0 Å². The van der Waals surface area contributed by atoms with Crippen LogP contribution in [-0.4, -0.2) is 56.1 Å². The first-order valence-electron chi connectivity index (χ1n) is 21.1. The van der Waals surface area contributed by atoms with Gasteiger partial charge in [0.05, 0.1) is 27.8 Å². The van der Waals surface area contributed by atoms with Gasteiger partial charge in [0.1, 0.15) is 30.3 Å². The zero-order chi connectivity index (χ0) is 44.9. The van der Waals surface area contributed by atoms with Gasteiger partial charge in [-0.3, -0.25) is 19.6 Å². The molecule has 0 fully saturated rings.